The van der Waals surface area contributed by atoms with Gasteiger partial charge in [-0.25, -0.2) is 0 Å². The molecule has 0 unspecified atom stereocenters. The molecule has 0 aliphatic carbocycles. The van der Waals surface area contributed by atoms with E-state index in [0.29, 0.717) is 12.6 Å². The molecule has 1 fully saturated rings. The Kier molecular flexibility index (Phi) is 5.64. The van der Waals surface area contributed by atoms with Crippen LogP contribution in [0.25, 0.3) is 0 Å². The number of nitrogens with zero attached hydrogens (tertiary/aromatic N) is 1. The lowest BCUT2D eigenvalue weighted by molar-refractivity contribution is -0.137. The Morgan fingerprint density at radius 1 is 1.23 bits per heavy atom. The Morgan fingerprint density at radius 2 is 1.82 bits per heavy atom. The molecule has 1 aliphatic heterocycles. The predicted molar refractivity (Wildman–Crippen MR) is 82.6 cm³/mol. The first-order valence-electron chi connectivity index (χ1n) is 7.61. The molecule has 0 spiro atoms. The first-order chi connectivity index (χ1) is 10.3. The molecular formula is C17H23F3N2. The molecule has 0 bridgehead atoms. The van der Waals surface area contributed by atoms with E-state index in [0.717, 1.165) is 50.2 Å². The lowest BCUT2D eigenvalue weighted by Gasteiger charge is -2.32. The second kappa shape index (κ2) is 7.29. The van der Waals surface area contributed by atoms with Gasteiger partial charge in [-0.2, -0.15) is 13.2 Å². The van der Waals surface area contributed by atoms with Gasteiger partial charge in [0.05, 0.1) is 5.56 Å². The molecule has 2 nitrogen and oxygen atoms in total. The molecule has 1 aromatic rings. The lowest BCUT2D eigenvalue weighted by atomic mass is 10.0. The van der Waals surface area contributed by atoms with Crippen LogP contribution in [0.3, 0.4) is 0 Å². The number of likely N-dealkylation sites (tertiary alicyclic amines) is 1. The molecule has 122 valence electrons. The molecule has 0 radical (unpaired) electrons. The van der Waals surface area contributed by atoms with Gasteiger partial charge in [-0.15, -0.1) is 0 Å². The van der Waals surface area contributed by atoms with Crippen molar-refractivity contribution in [2.75, 3.05) is 19.6 Å². The number of halogens is 3. The number of hydrogen-bond donors (Lipinski definition) is 1. The zero-order valence-corrected chi connectivity index (χ0v) is 12.9. The Labute approximate surface area is 130 Å². The predicted octanol–water partition coefficient (Wildman–Crippen LogP) is 3.84. The van der Waals surface area contributed by atoms with Crippen LogP contribution in [0, 0.1) is 0 Å². The van der Waals surface area contributed by atoms with Crippen molar-refractivity contribution in [1.82, 2.24) is 10.2 Å². The largest absolute Gasteiger partial charge is 0.416 e. The van der Waals surface area contributed by atoms with Crippen molar-refractivity contribution in [2.24, 2.45) is 0 Å². The van der Waals surface area contributed by atoms with Gasteiger partial charge < -0.3 is 5.32 Å². The van der Waals surface area contributed by atoms with Gasteiger partial charge in [-0.1, -0.05) is 24.3 Å². The highest BCUT2D eigenvalue weighted by atomic mass is 19.4. The summed E-state index contributed by atoms with van der Waals surface area (Å²) >= 11 is 0. The van der Waals surface area contributed by atoms with E-state index in [2.05, 4.69) is 16.8 Å². The van der Waals surface area contributed by atoms with Gasteiger partial charge in [0, 0.05) is 19.1 Å². The van der Waals surface area contributed by atoms with E-state index >= 15 is 0 Å². The first kappa shape index (κ1) is 17.0. The molecule has 1 N–H and O–H groups in total. The molecule has 1 aliphatic rings. The average Bonchev–Trinajstić information content (AvgIpc) is 2.45. The molecule has 1 aromatic carbocycles. The molecule has 2 rings (SSSR count). The quantitative estimate of drug-likeness (QED) is 0.831. The maximum atomic E-state index is 12.5. The maximum absolute atomic E-state index is 12.5. The van der Waals surface area contributed by atoms with Crippen LogP contribution in [-0.4, -0.2) is 30.6 Å². The number of rotatable bonds is 5. The summed E-state index contributed by atoms with van der Waals surface area (Å²) in [5.74, 6) is 0. The van der Waals surface area contributed by atoms with E-state index in [1.165, 1.54) is 5.57 Å². The highest BCUT2D eigenvalue weighted by Gasteiger charge is 2.29. The molecule has 0 atom stereocenters. The van der Waals surface area contributed by atoms with Crippen LogP contribution in [0.5, 0.6) is 0 Å². The molecular weight excluding hydrogens is 289 g/mol. The number of benzene rings is 1. The van der Waals surface area contributed by atoms with Crippen LogP contribution in [-0.2, 0) is 12.7 Å². The van der Waals surface area contributed by atoms with Gasteiger partial charge in [-0.05, 0) is 50.6 Å². The molecule has 22 heavy (non-hydrogen) atoms. The van der Waals surface area contributed by atoms with Gasteiger partial charge >= 0.3 is 6.18 Å². The third kappa shape index (κ3) is 5.14. The number of nitrogens with one attached hydrogen (secondary N) is 1. The van der Waals surface area contributed by atoms with E-state index < -0.39 is 11.7 Å². The van der Waals surface area contributed by atoms with E-state index in [4.69, 9.17) is 0 Å². The highest BCUT2D eigenvalue weighted by molar-refractivity contribution is 5.24. The lowest BCUT2D eigenvalue weighted by Crippen LogP contribution is -2.42. The maximum Gasteiger partial charge on any atom is 0.416 e. The standard InChI is InChI=1S/C17H23F3N2/c1-13(2)12-22-9-7-16(8-10-22)21-11-14-3-5-15(6-4-14)17(18,19)20/h3-6,16,21H,1,7-12H2,2H3. The second-order valence-electron chi connectivity index (χ2n) is 6.08. The minimum absolute atomic E-state index is 0.434. The Balaban J connectivity index is 1.76. The average molecular weight is 312 g/mol. The van der Waals surface area contributed by atoms with Crippen LogP contribution >= 0.6 is 0 Å². The van der Waals surface area contributed by atoms with Crippen molar-refractivity contribution >= 4 is 0 Å². The Bertz CT molecular complexity index is 486. The third-order valence-electron chi connectivity index (χ3n) is 3.96. The monoisotopic (exact) mass is 312 g/mol. The van der Waals surface area contributed by atoms with Crippen LogP contribution in [0.1, 0.15) is 30.9 Å². The van der Waals surface area contributed by atoms with Gasteiger partial charge in [0.15, 0.2) is 0 Å². The van der Waals surface area contributed by atoms with Crippen LogP contribution in [0.15, 0.2) is 36.4 Å². The van der Waals surface area contributed by atoms with Gasteiger partial charge in [0.2, 0.25) is 0 Å². The van der Waals surface area contributed by atoms with Crippen LogP contribution in [0.4, 0.5) is 13.2 Å². The molecule has 1 saturated heterocycles. The second-order valence-corrected chi connectivity index (χ2v) is 6.08. The molecule has 0 saturated carbocycles. The van der Waals surface area contributed by atoms with E-state index in [1.807, 2.05) is 6.92 Å². The van der Waals surface area contributed by atoms with Gasteiger partial charge in [-0.3, -0.25) is 4.90 Å². The smallest absolute Gasteiger partial charge is 0.310 e. The zero-order chi connectivity index (χ0) is 16.2. The molecule has 0 aromatic heterocycles. The Hall–Kier alpha value is -1.33. The minimum Gasteiger partial charge on any atom is -0.310 e. The summed E-state index contributed by atoms with van der Waals surface area (Å²) < 4.78 is 37.5. The first-order valence-corrected chi connectivity index (χ1v) is 7.61. The summed E-state index contributed by atoms with van der Waals surface area (Å²) in [4.78, 5) is 2.39. The van der Waals surface area contributed by atoms with Gasteiger partial charge in [0.1, 0.15) is 0 Å². The van der Waals surface area contributed by atoms with Gasteiger partial charge in [0.25, 0.3) is 0 Å². The van der Waals surface area contributed by atoms with Crippen LogP contribution < -0.4 is 5.32 Å². The Morgan fingerprint density at radius 3 is 2.32 bits per heavy atom. The summed E-state index contributed by atoms with van der Waals surface area (Å²) in [6.07, 6.45) is -2.14. The molecule has 1 heterocycles. The van der Waals surface area contributed by atoms with E-state index in [-0.39, 0.29) is 0 Å². The number of piperidine rings is 1. The van der Waals surface area contributed by atoms with Crippen molar-refractivity contribution in [1.29, 1.82) is 0 Å². The summed E-state index contributed by atoms with van der Waals surface area (Å²) in [5, 5.41) is 3.44. The van der Waals surface area contributed by atoms with E-state index in [1.54, 1.807) is 12.1 Å². The SMILES string of the molecule is C=C(C)CN1CCC(NCc2ccc(C(F)(F)F)cc2)CC1. The fourth-order valence-corrected chi connectivity index (χ4v) is 2.75. The number of alkyl halides is 3. The molecule has 0 amide bonds. The van der Waals surface area contributed by atoms with Crippen molar-refractivity contribution < 1.29 is 13.2 Å². The summed E-state index contributed by atoms with van der Waals surface area (Å²) in [6, 6.07) is 5.82. The van der Waals surface area contributed by atoms with Crippen molar-refractivity contribution in [3.05, 3.63) is 47.5 Å². The summed E-state index contributed by atoms with van der Waals surface area (Å²) in [7, 11) is 0. The minimum atomic E-state index is -4.26. The highest BCUT2D eigenvalue weighted by Crippen LogP contribution is 2.29. The third-order valence-corrected chi connectivity index (χ3v) is 3.96. The fourth-order valence-electron chi connectivity index (χ4n) is 2.75. The topological polar surface area (TPSA) is 15.3 Å². The van der Waals surface area contributed by atoms with Crippen molar-refractivity contribution in [3.63, 3.8) is 0 Å². The van der Waals surface area contributed by atoms with Crippen molar-refractivity contribution in [2.45, 2.75) is 38.5 Å². The molecule has 5 heteroatoms. The van der Waals surface area contributed by atoms with Crippen molar-refractivity contribution in [3.8, 4) is 0 Å². The number of hydrogen-bond acceptors (Lipinski definition) is 2. The van der Waals surface area contributed by atoms with E-state index in [9.17, 15) is 13.2 Å². The van der Waals surface area contributed by atoms with Crippen LogP contribution in [0.2, 0.25) is 0 Å². The zero-order valence-electron chi connectivity index (χ0n) is 12.9. The fraction of sp³-hybridized carbons (Fsp3) is 0.529. The summed E-state index contributed by atoms with van der Waals surface area (Å²) in [6.45, 7) is 9.61. The normalized spacial score (nSPS) is 17.6. The summed E-state index contributed by atoms with van der Waals surface area (Å²) in [5.41, 5.74) is 1.47.